The maximum atomic E-state index is 5.45. The monoisotopic (exact) mass is 321 g/mol. The van der Waals surface area contributed by atoms with Crippen molar-refractivity contribution in [3.05, 3.63) is 42.0 Å². The Kier molecular flexibility index (Phi) is 3.72. The van der Waals surface area contributed by atoms with Gasteiger partial charge in [0, 0.05) is 42.8 Å². The number of rotatable bonds is 3. The van der Waals surface area contributed by atoms with Crippen LogP contribution in [0.3, 0.4) is 0 Å². The van der Waals surface area contributed by atoms with Crippen molar-refractivity contribution in [2.75, 3.05) is 18.0 Å². The third-order valence-corrected chi connectivity index (χ3v) is 4.32. The number of pyridine rings is 1. The quantitative estimate of drug-likeness (QED) is 0.736. The second-order valence-electron chi connectivity index (χ2n) is 6.10. The van der Waals surface area contributed by atoms with Gasteiger partial charge in [-0.2, -0.15) is 0 Å². The van der Waals surface area contributed by atoms with Crippen molar-refractivity contribution < 1.29 is 4.52 Å². The Bertz CT molecular complexity index is 867. The average Bonchev–Trinajstić information content (AvgIpc) is 3.26. The number of hydrogen-bond donors (Lipinski definition) is 0. The van der Waals surface area contributed by atoms with Crippen molar-refractivity contribution in [3.63, 3.8) is 0 Å². The minimum atomic E-state index is 0.679. The first-order chi connectivity index (χ1) is 11.7. The maximum Gasteiger partial charge on any atom is 0.225 e. The third-order valence-electron chi connectivity index (χ3n) is 4.32. The van der Waals surface area contributed by atoms with Gasteiger partial charge in [-0.25, -0.2) is 9.97 Å². The molecule has 0 aliphatic carbocycles. The molecule has 1 fully saturated rings. The first-order valence-electron chi connectivity index (χ1n) is 8.20. The second-order valence-corrected chi connectivity index (χ2v) is 6.10. The van der Waals surface area contributed by atoms with Gasteiger partial charge >= 0.3 is 0 Å². The van der Waals surface area contributed by atoms with Crippen LogP contribution in [0.25, 0.3) is 22.6 Å². The van der Waals surface area contributed by atoms with Gasteiger partial charge in [0.05, 0.1) is 17.0 Å². The molecule has 0 aromatic carbocycles. The van der Waals surface area contributed by atoms with E-state index in [1.165, 1.54) is 12.8 Å². The van der Waals surface area contributed by atoms with Crippen LogP contribution >= 0.6 is 0 Å². The molecule has 1 aliphatic heterocycles. The zero-order valence-electron chi connectivity index (χ0n) is 13.9. The van der Waals surface area contributed by atoms with E-state index in [0.29, 0.717) is 5.76 Å². The molecule has 0 N–H and O–H groups in total. The highest BCUT2D eigenvalue weighted by molar-refractivity contribution is 5.79. The van der Waals surface area contributed by atoms with Crippen LogP contribution in [0.2, 0.25) is 0 Å². The van der Waals surface area contributed by atoms with Gasteiger partial charge in [-0.05, 0) is 38.8 Å². The van der Waals surface area contributed by atoms with Gasteiger partial charge in [0.1, 0.15) is 0 Å². The molecule has 0 unspecified atom stereocenters. The van der Waals surface area contributed by atoms with Crippen molar-refractivity contribution in [3.8, 4) is 22.6 Å². The van der Waals surface area contributed by atoms with E-state index in [2.05, 4.69) is 20.0 Å². The number of nitrogens with zero attached hydrogens (tertiary/aromatic N) is 5. The highest BCUT2D eigenvalue weighted by atomic mass is 16.5. The Labute approximate surface area is 140 Å². The van der Waals surface area contributed by atoms with Crippen LogP contribution in [0.15, 0.2) is 35.1 Å². The molecule has 0 amide bonds. The normalized spacial score (nSPS) is 14.3. The molecule has 1 saturated heterocycles. The van der Waals surface area contributed by atoms with Crippen LogP contribution in [0.5, 0.6) is 0 Å². The van der Waals surface area contributed by atoms with Gasteiger partial charge < -0.3 is 9.42 Å². The lowest BCUT2D eigenvalue weighted by molar-refractivity contribution is 0.427. The highest BCUT2D eigenvalue weighted by Crippen LogP contribution is 2.33. The molecule has 0 spiro atoms. The molecule has 4 heterocycles. The molecule has 6 nitrogen and oxygen atoms in total. The predicted octanol–water partition coefficient (Wildman–Crippen LogP) is 3.41. The van der Waals surface area contributed by atoms with E-state index in [9.17, 15) is 0 Å². The summed E-state index contributed by atoms with van der Waals surface area (Å²) in [4.78, 5) is 16.1. The molecule has 1 aliphatic rings. The average molecular weight is 321 g/mol. The summed E-state index contributed by atoms with van der Waals surface area (Å²) in [6, 6.07) is 5.87. The molecular formula is C18H19N5O. The highest BCUT2D eigenvalue weighted by Gasteiger charge is 2.20. The standard InChI is InChI=1S/C18H19N5O/c1-12-10-16(24-22-12)15-11-20-18(23-8-3-4-9-23)21-17(15)14-6-5-7-19-13(14)2/h5-7,10-11H,3-4,8-9H2,1-2H3. The summed E-state index contributed by atoms with van der Waals surface area (Å²) in [7, 11) is 0. The van der Waals surface area contributed by atoms with E-state index in [1.54, 1.807) is 6.20 Å². The molecule has 6 heteroatoms. The Hall–Kier alpha value is -2.76. The van der Waals surface area contributed by atoms with Gasteiger partial charge in [0.25, 0.3) is 0 Å². The van der Waals surface area contributed by atoms with E-state index in [-0.39, 0.29) is 0 Å². The Morgan fingerprint density at radius 1 is 1.08 bits per heavy atom. The van der Waals surface area contributed by atoms with Crippen LogP contribution in [-0.4, -0.2) is 33.2 Å². The van der Waals surface area contributed by atoms with E-state index < -0.39 is 0 Å². The SMILES string of the molecule is Cc1cc(-c2cnc(N3CCCC3)nc2-c2cccnc2C)on1. The Morgan fingerprint density at radius 3 is 2.62 bits per heavy atom. The van der Waals surface area contributed by atoms with E-state index in [1.807, 2.05) is 38.2 Å². The van der Waals surface area contributed by atoms with Crippen molar-refractivity contribution in [2.24, 2.45) is 0 Å². The summed E-state index contributed by atoms with van der Waals surface area (Å²) in [6.45, 7) is 5.91. The van der Waals surface area contributed by atoms with Gasteiger partial charge in [-0.15, -0.1) is 0 Å². The number of aryl methyl sites for hydroxylation is 2. The van der Waals surface area contributed by atoms with Gasteiger partial charge in [-0.1, -0.05) is 5.16 Å². The molecular weight excluding hydrogens is 302 g/mol. The fourth-order valence-electron chi connectivity index (χ4n) is 3.05. The van der Waals surface area contributed by atoms with Crippen molar-refractivity contribution in [1.82, 2.24) is 20.1 Å². The van der Waals surface area contributed by atoms with Crippen LogP contribution in [0, 0.1) is 13.8 Å². The van der Waals surface area contributed by atoms with E-state index in [0.717, 1.165) is 47.2 Å². The lowest BCUT2D eigenvalue weighted by Crippen LogP contribution is -2.20. The lowest BCUT2D eigenvalue weighted by atomic mass is 10.0. The number of aromatic nitrogens is 4. The summed E-state index contributed by atoms with van der Waals surface area (Å²) in [5.74, 6) is 1.45. The van der Waals surface area contributed by atoms with Gasteiger partial charge in [0.2, 0.25) is 5.95 Å². The van der Waals surface area contributed by atoms with Gasteiger partial charge in [-0.3, -0.25) is 4.98 Å². The van der Waals surface area contributed by atoms with E-state index >= 15 is 0 Å². The molecule has 0 saturated carbocycles. The summed E-state index contributed by atoms with van der Waals surface area (Å²) < 4.78 is 5.45. The van der Waals surface area contributed by atoms with E-state index in [4.69, 9.17) is 9.51 Å². The Morgan fingerprint density at radius 2 is 1.92 bits per heavy atom. The fraction of sp³-hybridized carbons (Fsp3) is 0.333. The smallest absolute Gasteiger partial charge is 0.225 e. The predicted molar refractivity (Wildman–Crippen MR) is 91.7 cm³/mol. The largest absolute Gasteiger partial charge is 0.356 e. The molecule has 3 aromatic heterocycles. The zero-order valence-corrected chi connectivity index (χ0v) is 13.9. The van der Waals surface area contributed by atoms with Crippen molar-refractivity contribution >= 4 is 5.95 Å². The third kappa shape index (κ3) is 2.64. The molecule has 24 heavy (non-hydrogen) atoms. The number of anilines is 1. The zero-order chi connectivity index (χ0) is 16.5. The van der Waals surface area contributed by atoms with Crippen LogP contribution in [-0.2, 0) is 0 Å². The minimum absolute atomic E-state index is 0.679. The summed E-state index contributed by atoms with van der Waals surface area (Å²) in [5.41, 5.74) is 4.44. The topological polar surface area (TPSA) is 67.9 Å². The lowest BCUT2D eigenvalue weighted by Gasteiger charge is -2.17. The van der Waals surface area contributed by atoms with Gasteiger partial charge in [0.15, 0.2) is 5.76 Å². The van der Waals surface area contributed by atoms with Crippen LogP contribution in [0.4, 0.5) is 5.95 Å². The van der Waals surface area contributed by atoms with Crippen molar-refractivity contribution in [1.29, 1.82) is 0 Å². The molecule has 0 bridgehead atoms. The molecule has 3 aromatic rings. The number of hydrogen-bond acceptors (Lipinski definition) is 6. The molecule has 4 rings (SSSR count). The Balaban J connectivity index is 1.88. The summed E-state index contributed by atoms with van der Waals surface area (Å²) >= 11 is 0. The summed E-state index contributed by atoms with van der Waals surface area (Å²) in [6.07, 6.45) is 6.00. The fourth-order valence-corrected chi connectivity index (χ4v) is 3.05. The molecule has 0 radical (unpaired) electrons. The summed E-state index contributed by atoms with van der Waals surface area (Å²) in [5, 5.41) is 3.99. The first-order valence-corrected chi connectivity index (χ1v) is 8.20. The first kappa shape index (κ1) is 14.8. The van der Waals surface area contributed by atoms with Crippen molar-refractivity contribution in [2.45, 2.75) is 26.7 Å². The van der Waals surface area contributed by atoms with Crippen LogP contribution < -0.4 is 4.90 Å². The second kappa shape index (κ2) is 6.03. The van der Waals surface area contributed by atoms with Crippen LogP contribution in [0.1, 0.15) is 24.2 Å². The molecule has 0 atom stereocenters. The minimum Gasteiger partial charge on any atom is -0.356 e. The maximum absolute atomic E-state index is 5.45. The molecule has 122 valence electrons.